The first-order valence-electron chi connectivity index (χ1n) is 5.90. The number of hydrogen-bond donors (Lipinski definition) is 2. The maximum atomic E-state index is 12.2. The molecule has 0 saturated carbocycles. The van der Waals surface area contributed by atoms with E-state index in [0.717, 1.165) is 5.56 Å². The summed E-state index contributed by atoms with van der Waals surface area (Å²) in [7, 11) is 0. The highest BCUT2D eigenvalue weighted by Crippen LogP contribution is 2.23. The van der Waals surface area contributed by atoms with Gasteiger partial charge in [-0.3, -0.25) is 4.79 Å². The Morgan fingerprint density at radius 2 is 1.47 bits per heavy atom. The molecule has 0 bridgehead atoms. The van der Waals surface area contributed by atoms with E-state index in [1.165, 1.54) is 13.8 Å². The lowest BCUT2D eigenvalue weighted by molar-refractivity contribution is -0.131. The maximum absolute atomic E-state index is 12.2. The van der Waals surface area contributed by atoms with Crippen LogP contribution in [-0.4, -0.2) is 28.2 Å². The summed E-state index contributed by atoms with van der Waals surface area (Å²) in [6.07, 6.45) is -1.68. The predicted octanol–water partition coefficient (Wildman–Crippen LogP) is 1.74. The summed E-state index contributed by atoms with van der Waals surface area (Å²) in [6, 6.07) is 9.40. The summed E-state index contributed by atoms with van der Waals surface area (Å²) in [5.41, 5.74) is 0.906. The molecular formula is C14H20O3. The topological polar surface area (TPSA) is 57.5 Å². The molecule has 3 unspecified atom stereocenters. The first kappa shape index (κ1) is 13.9. The third-order valence-electron chi connectivity index (χ3n) is 3.09. The van der Waals surface area contributed by atoms with Crippen LogP contribution in [0.25, 0.3) is 0 Å². The van der Waals surface area contributed by atoms with E-state index in [2.05, 4.69) is 0 Å². The lowest BCUT2D eigenvalue weighted by Crippen LogP contribution is -2.37. The van der Waals surface area contributed by atoms with Crippen molar-refractivity contribution in [1.29, 1.82) is 0 Å². The Morgan fingerprint density at radius 3 is 1.88 bits per heavy atom. The fraction of sp³-hybridized carbons (Fsp3) is 0.500. The number of hydrogen-bond acceptors (Lipinski definition) is 3. The number of benzene rings is 1. The number of rotatable bonds is 5. The minimum absolute atomic E-state index is 0.124. The molecular weight excluding hydrogens is 216 g/mol. The van der Waals surface area contributed by atoms with Crippen LogP contribution in [0.4, 0.5) is 0 Å². The number of aliphatic hydroxyl groups excluding tert-OH is 2. The van der Waals surface area contributed by atoms with Crippen molar-refractivity contribution in [2.75, 3.05) is 0 Å². The van der Waals surface area contributed by atoms with Gasteiger partial charge in [0.25, 0.3) is 0 Å². The van der Waals surface area contributed by atoms with E-state index in [-0.39, 0.29) is 11.7 Å². The van der Waals surface area contributed by atoms with Gasteiger partial charge in [0.15, 0.2) is 0 Å². The highest BCUT2D eigenvalue weighted by Gasteiger charge is 2.32. The molecule has 3 nitrogen and oxygen atoms in total. The summed E-state index contributed by atoms with van der Waals surface area (Å²) in [5.74, 6) is -1.17. The zero-order chi connectivity index (χ0) is 13.0. The lowest BCUT2D eigenvalue weighted by atomic mass is 9.83. The summed E-state index contributed by atoms with van der Waals surface area (Å²) in [5, 5.41) is 19.1. The quantitative estimate of drug-likeness (QED) is 0.818. The zero-order valence-electron chi connectivity index (χ0n) is 10.5. The Hall–Kier alpha value is -1.19. The number of Topliss-reactive ketones (excluding diaryl/α,β-unsaturated/α-hetero) is 1. The molecule has 0 saturated heterocycles. The van der Waals surface area contributed by atoms with Crippen LogP contribution in [0.15, 0.2) is 30.3 Å². The Bertz CT molecular complexity index is 349. The monoisotopic (exact) mass is 236 g/mol. The lowest BCUT2D eigenvalue weighted by Gasteiger charge is -2.24. The SMILES string of the molecule is CC(C(=O)C(C(C)O)C(C)O)c1ccccc1. The average molecular weight is 236 g/mol. The molecule has 1 rings (SSSR count). The van der Waals surface area contributed by atoms with Gasteiger partial charge in [0.05, 0.1) is 18.1 Å². The molecule has 17 heavy (non-hydrogen) atoms. The molecule has 0 heterocycles. The van der Waals surface area contributed by atoms with Crippen LogP contribution in [0, 0.1) is 5.92 Å². The normalized spacial score (nSPS) is 18.2. The first-order chi connectivity index (χ1) is 7.95. The van der Waals surface area contributed by atoms with Crippen LogP contribution in [0.3, 0.4) is 0 Å². The Labute approximate surface area is 102 Å². The third-order valence-corrected chi connectivity index (χ3v) is 3.09. The first-order valence-corrected chi connectivity index (χ1v) is 5.90. The minimum Gasteiger partial charge on any atom is -0.393 e. The Kier molecular flexibility index (Phi) is 4.85. The third kappa shape index (κ3) is 3.38. The fourth-order valence-corrected chi connectivity index (χ4v) is 2.07. The van der Waals surface area contributed by atoms with Crippen molar-refractivity contribution in [2.45, 2.75) is 38.9 Å². The van der Waals surface area contributed by atoms with E-state index in [1.807, 2.05) is 30.3 Å². The Balaban J connectivity index is 2.89. The molecule has 1 aromatic carbocycles. The second-order valence-electron chi connectivity index (χ2n) is 4.54. The van der Waals surface area contributed by atoms with E-state index in [1.54, 1.807) is 6.92 Å². The predicted molar refractivity (Wildman–Crippen MR) is 66.7 cm³/mol. The molecule has 0 aliphatic heterocycles. The molecule has 0 radical (unpaired) electrons. The van der Waals surface area contributed by atoms with Gasteiger partial charge in [0, 0.05) is 5.92 Å². The zero-order valence-corrected chi connectivity index (χ0v) is 10.5. The van der Waals surface area contributed by atoms with Gasteiger partial charge in [-0.2, -0.15) is 0 Å². The number of carbonyl (C=O) groups is 1. The van der Waals surface area contributed by atoms with E-state index in [4.69, 9.17) is 0 Å². The molecule has 3 atom stereocenters. The molecule has 3 heteroatoms. The summed E-state index contributed by atoms with van der Waals surface area (Å²) < 4.78 is 0. The molecule has 0 aliphatic carbocycles. The van der Waals surface area contributed by atoms with Crippen molar-refractivity contribution >= 4 is 5.78 Å². The van der Waals surface area contributed by atoms with E-state index >= 15 is 0 Å². The number of ketones is 1. The second kappa shape index (κ2) is 5.94. The van der Waals surface area contributed by atoms with Gasteiger partial charge in [-0.15, -0.1) is 0 Å². The summed E-state index contributed by atoms with van der Waals surface area (Å²) in [4.78, 5) is 12.2. The largest absolute Gasteiger partial charge is 0.393 e. The van der Waals surface area contributed by atoms with Crippen molar-refractivity contribution in [3.8, 4) is 0 Å². The van der Waals surface area contributed by atoms with Crippen LogP contribution >= 0.6 is 0 Å². The van der Waals surface area contributed by atoms with Crippen molar-refractivity contribution < 1.29 is 15.0 Å². The van der Waals surface area contributed by atoms with Gasteiger partial charge in [-0.1, -0.05) is 37.3 Å². The smallest absolute Gasteiger partial charge is 0.148 e. The van der Waals surface area contributed by atoms with Crippen LogP contribution in [0.2, 0.25) is 0 Å². The van der Waals surface area contributed by atoms with Gasteiger partial charge >= 0.3 is 0 Å². The average Bonchev–Trinajstić information content (AvgIpc) is 2.28. The fourth-order valence-electron chi connectivity index (χ4n) is 2.07. The second-order valence-corrected chi connectivity index (χ2v) is 4.54. The van der Waals surface area contributed by atoms with E-state index in [9.17, 15) is 15.0 Å². The van der Waals surface area contributed by atoms with Crippen molar-refractivity contribution in [1.82, 2.24) is 0 Å². The van der Waals surface area contributed by atoms with Gasteiger partial charge in [0.1, 0.15) is 5.78 Å². The molecule has 0 fully saturated rings. The highest BCUT2D eigenvalue weighted by atomic mass is 16.3. The molecule has 0 aromatic heterocycles. The summed E-state index contributed by atoms with van der Waals surface area (Å²) in [6.45, 7) is 4.87. The number of carbonyl (C=O) groups excluding carboxylic acids is 1. The molecule has 1 aromatic rings. The van der Waals surface area contributed by atoms with Crippen molar-refractivity contribution in [3.63, 3.8) is 0 Å². The molecule has 0 aliphatic rings. The molecule has 94 valence electrons. The Morgan fingerprint density at radius 1 is 1.00 bits per heavy atom. The van der Waals surface area contributed by atoms with Crippen molar-refractivity contribution in [3.05, 3.63) is 35.9 Å². The van der Waals surface area contributed by atoms with E-state index < -0.39 is 18.1 Å². The number of aliphatic hydroxyl groups is 2. The summed E-state index contributed by atoms with van der Waals surface area (Å²) >= 11 is 0. The maximum Gasteiger partial charge on any atom is 0.148 e. The van der Waals surface area contributed by atoms with Crippen LogP contribution in [-0.2, 0) is 4.79 Å². The van der Waals surface area contributed by atoms with Crippen LogP contribution < -0.4 is 0 Å². The van der Waals surface area contributed by atoms with Gasteiger partial charge in [-0.05, 0) is 19.4 Å². The minimum atomic E-state index is -0.839. The highest BCUT2D eigenvalue weighted by molar-refractivity contribution is 5.88. The standard InChI is InChI=1S/C14H20O3/c1-9(12-7-5-4-6-8-12)14(17)13(10(2)15)11(3)16/h4-11,13,15-16H,1-3H3. The van der Waals surface area contributed by atoms with E-state index in [0.29, 0.717) is 0 Å². The molecule has 2 N–H and O–H groups in total. The van der Waals surface area contributed by atoms with Gasteiger partial charge in [0.2, 0.25) is 0 Å². The molecule has 0 spiro atoms. The van der Waals surface area contributed by atoms with Crippen LogP contribution in [0.5, 0.6) is 0 Å². The van der Waals surface area contributed by atoms with Gasteiger partial charge < -0.3 is 10.2 Å². The molecule has 0 amide bonds. The van der Waals surface area contributed by atoms with Gasteiger partial charge in [-0.25, -0.2) is 0 Å². The van der Waals surface area contributed by atoms with Crippen LogP contribution in [0.1, 0.15) is 32.3 Å². The van der Waals surface area contributed by atoms with Crippen molar-refractivity contribution in [2.24, 2.45) is 5.92 Å².